The van der Waals surface area contributed by atoms with Crippen LogP contribution >= 0.6 is 0 Å². The molecule has 88 valence electrons. The molecule has 0 spiro atoms. The van der Waals surface area contributed by atoms with Crippen molar-refractivity contribution in [2.75, 3.05) is 6.54 Å². The Bertz CT molecular complexity index is 436. The molecule has 1 aromatic carbocycles. The van der Waals surface area contributed by atoms with E-state index in [0.717, 1.165) is 0 Å². The number of hydrogen-bond donors (Lipinski definition) is 1. The monoisotopic (exact) mass is 238 g/mol. The second kappa shape index (κ2) is 4.05. The number of halogens is 4. The smallest absolute Gasteiger partial charge is 0.291 e. The molecule has 1 aromatic rings. The first-order valence-electron chi connectivity index (χ1n) is 4.01. The molecule has 8 heteroatoms. The Hall–Kier alpha value is -1.70. The van der Waals surface area contributed by atoms with E-state index in [1.165, 1.54) is 0 Å². The number of nitrogens with zero attached hydrogens (tertiary/aromatic N) is 1. The van der Waals surface area contributed by atoms with E-state index in [9.17, 15) is 27.7 Å². The first kappa shape index (κ1) is 12.4. The van der Waals surface area contributed by atoms with Crippen LogP contribution in [0.3, 0.4) is 0 Å². The maximum Gasteiger partial charge on any atom is 0.291 e. The van der Waals surface area contributed by atoms with Crippen molar-refractivity contribution in [1.82, 2.24) is 0 Å². The van der Waals surface area contributed by atoms with Crippen molar-refractivity contribution in [3.05, 3.63) is 39.4 Å². The highest BCUT2D eigenvalue weighted by molar-refractivity contribution is 5.44. The summed E-state index contributed by atoms with van der Waals surface area (Å²) in [7, 11) is 0. The van der Waals surface area contributed by atoms with Gasteiger partial charge in [0.15, 0.2) is 11.6 Å². The number of hydrogen-bond acceptors (Lipinski definition) is 3. The first-order valence-corrected chi connectivity index (χ1v) is 4.01. The van der Waals surface area contributed by atoms with Crippen LogP contribution in [0.4, 0.5) is 23.2 Å². The molecule has 0 saturated heterocycles. The zero-order chi connectivity index (χ0) is 12.5. The minimum atomic E-state index is -3.78. The van der Waals surface area contributed by atoms with Crippen LogP contribution in [0.5, 0.6) is 0 Å². The predicted molar refractivity (Wildman–Crippen MR) is 46.0 cm³/mol. The summed E-state index contributed by atoms with van der Waals surface area (Å²) in [6, 6.07) is 0.189. The van der Waals surface area contributed by atoms with E-state index in [1.807, 2.05) is 0 Å². The van der Waals surface area contributed by atoms with Crippen LogP contribution in [0.15, 0.2) is 12.1 Å². The van der Waals surface area contributed by atoms with Crippen molar-refractivity contribution in [2.24, 2.45) is 5.73 Å². The van der Waals surface area contributed by atoms with Crippen LogP contribution in [-0.4, -0.2) is 11.5 Å². The predicted octanol–water partition coefficient (Wildman–Crippen LogP) is 1.92. The Morgan fingerprint density at radius 2 is 1.81 bits per heavy atom. The summed E-state index contributed by atoms with van der Waals surface area (Å²) >= 11 is 0. The Labute approximate surface area is 86.8 Å². The normalized spacial score (nSPS) is 11.6. The van der Waals surface area contributed by atoms with Gasteiger partial charge in [-0.25, -0.2) is 8.78 Å². The average molecular weight is 238 g/mol. The largest absolute Gasteiger partial charge is 0.325 e. The molecular formula is C8H6F4N2O2. The maximum absolute atomic E-state index is 13.1. The van der Waals surface area contributed by atoms with Crippen LogP contribution in [0, 0.1) is 21.7 Å². The van der Waals surface area contributed by atoms with Crippen LogP contribution in [0.2, 0.25) is 0 Å². The highest BCUT2D eigenvalue weighted by Gasteiger charge is 2.38. The van der Waals surface area contributed by atoms with Gasteiger partial charge in [0.05, 0.1) is 17.5 Å². The molecule has 1 rings (SSSR count). The fourth-order valence-electron chi connectivity index (χ4n) is 1.09. The third-order valence-electron chi connectivity index (χ3n) is 1.89. The van der Waals surface area contributed by atoms with Gasteiger partial charge in [0.1, 0.15) is 5.56 Å². The summed E-state index contributed by atoms with van der Waals surface area (Å²) < 4.78 is 51.6. The number of nitro groups is 1. The highest BCUT2D eigenvalue weighted by atomic mass is 19.3. The summed E-state index contributed by atoms with van der Waals surface area (Å²) in [5.74, 6) is -6.94. The number of benzene rings is 1. The van der Waals surface area contributed by atoms with Crippen LogP contribution in [0.25, 0.3) is 0 Å². The topological polar surface area (TPSA) is 69.2 Å². The van der Waals surface area contributed by atoms with Crippen molar-refractivity contribution in [2.45, 2.75) is 5.92 Å². The molecule has 2 N–H and O–H groups in total. The van der Waals surface area contributed by atoms with Gasteiger partial charge in [-0.2, -0.15) is 8.78 Å². The SMILES string of the molecule is NCC(F)(F)c1cc(F)c(F)cc1[N+](=O)[O-]. The highest BCUT2D eigenvalue weighted by Crippen LogP contribution is 2.35. The molecule has 0 fully saturated rings. The summed E-state index contributed by atoms with van der Waals surface area (Å²) in [6.07, 6.45) is 0. The molecule has 0 radical (unpaired) electrons. The van der Waals surface area contributed by atoms with Crippen molar-refractivity contribution >= 4 is 5.69 Å². The summed E-state index contributed by atoms with van der Waals surface area (Å²) in [5.41, 5.74) is 2.27. The lowest BCUT2D eigenvalue weighted by molar-refractivity contribution is -0.387. The van der Waals surface area contributed by atoms with Crippen LogP contribution in [-0.2, 0) is 5.92 Å². The van der Waals surface area contributed by atoms with Gasteiger partial charge in [0.25, 0.3) is 11.6 Å². The summed E-state index contributed by atoms with van der Waals surface area (Å²) in [6.45, 7) is -1.24. The molecule has 0 bridgehead atoms. The van der Waals surface area contributed by atoms with E-state index >= 15 is 0 Å². The van der Waals surface area contributed by atoms with Gasteiger partial charge in [-0.1, -0.05) is 0 Å². The molecule has 0 aliphatic rings. The second-order valence-electron chi connectivity index (χ2n) is 2.95. The number of nitro benzene ring substituents is 1. The Balaban J connectivity index is 3.48. The molecule has 0 atom stereocenters. The van der Waals surface area contributed by atoms with E-state index in [0.29, 0.717) is 0 Å². The Morgan fingerprint density at radius 1 is 1.31 bits per heavy atom. The lowest BCUT2D eigenvalue weighted by atomic mass is 10.1. The third kappa shape index (κ3) is 2.11. The van der Waals surface area contributed by atoms with E-state index < -0.39 is 40.3 Å². The summed E-state index contributed by atoms with van der Waals surface area (Å²) in [5, 5.41) is 10.4. The fraction of sp³-hybridized carbons (Fsp3) is 0.250. The van der Waals surface area contributed by atoms with E-state index in [-0.39, 0.29) is 12.1 Å². The molecule has 0 saturated carbocycles. The maximum atomic E-state index is 13.1. The molecule has 0 aromatic heterocycles. The fourth-order valence-corrected chi connectivity index (χ4v) is 1.09. The van der Waals surface area contributed by atoms with Gasteiger partial charge >= 0.3 is 0 Å². The zero-order valence-corrected chi connectivity index (χ0v) is 7.71. The first-order chi connectivity index (χ1) is 7.29. The lowest BCUT2D eigenvalue weighted by Gasteiger charge is -2.14. The molecular weight excluding hydrogens is 232 g/mol. The van der Waals surface area contributed by atoms with E-state index in [2.05, 4.69) is 0 Å². The van der Waals surface area contributed by atoms with Gasteiger partial charge in [0.2, 0.25) is 0 Å². The molecule has 16 heavy (non-hydrogen) atoms. The van der Waals surface area contributed by atoms with Crippen LogP contribution < -0.4 is 5.73 Å². The van der Waals surface area contributed by atoms with Crippen molar-refractivity contribution in [3.63, 3.8) is 0 Å². The minimum Gasteiger partial charge on any atom is -0.325 e. The number of nitrogens with two attached hydrogens (primary N) is 1. The van der Waals surface area contributed by atoms with Gasteiger partial charge < -0.3 is 5.73 Å². The number of rotatable bonds is 3. The van der Waals surface area contributed by atoms with E-state index in [4.69, 9.17) is 5.73 Å². The molecule has 0 amide bonds. The third-order valence-corrected chi connectivity index (χ3v) is 1.89. The molecule has 4 nitrogen and oxygen atoms in total. The molecule has 0 aliphatic carbocycles. The average Bonchev–Trinajstić information content (AvgIpc) is 2.21. The minimum absolute atomic E-state index is 0.0837. The lowest BCUT2D eigenvalue weighted by Crippen LogP contribution is -2.26. The second-order valence-corrected chi connectivity index (χ2v) is 2.95. The number of alkyl halides is 2. The van der Waals surface area contributed by atoms with Crippen molar-refractivity contribution < 1.29 is 22.5 Å². The molecule has 0 aliphatic heterocycles. The van der Waals surface area contributed by atoms with Crippen molar-refractivity contribution in [3.8, 4) is 0 Å². The van der Waals surface area contributed by atoms with Crippen molar-refractivity contribution in [1.29, 1.82) is 0 Å². The van der Waals surface area contributed by atoms with Gasteiger partial charge in [-0.3, -0.25) is 10.1 Å². The standard InChI is InChI=1S/C8H6F4N2O2/c9-5-1-4(8(11,12)3-13)7(14(15)16)2-6(5)10/h1-2H,3,13H2. The molecule has 0 heterocycles. The molecule has 0 unspecified atom stereocenters. The van der Waals surface area contributed by atoms with Crippen LogP contribution in [0.1, 0.15) is 5.56 Å². The van der Waals surface area contributed by atoms with Gasteiger partial charge in [-0.05, 0) is 6.07 Å². The van der Waals surface area contributed by atoms with Gasteiger partial charge in [-0.15, -0.1) is 0 Å². The van der Waals surface area contributed by atoms with Gasteiger partial charge in [0, 0.05) is 0 Å². The Morgan fingerprint density at radius 3 is 2.25 bits per heavy atom. The quantitative estimate of drug-likeness (QED) is 0.497. The van der Waals surface area contributed by atoms with E-state index in [1.54, 1.807) is 0 Å². The zero-order valence-electron chi connectivity index (χ0n) is 7.71. The summed E-state index contributed by atoms with van der Waals surface area (Å²) in [4.78, 5) is 9.17. The Kier molecular flexibility index (Phi) is 3.13.